The lowest BCUT2D eigenvalue weighted by Gasteiger charge is -2.34. The van der Waals surface area contributed by atoms with Gasteiger partial charge in [-0.1, -0.05) is 38.3 Å². The normalized spacial score (nSPS) is 21.1. The van der Waals surface area contributed by atoms with Gasteiger partial charge in [0.15, 0.2) is 5.78 Å². The van der Waals surface area contributed by atoms with Crippen molar-refractivity contribution in [3.8, 4) is 0 Å². The van der Waals surface area contributed by atoms with Crippen molar-refractivity contribution in [2.24, 2.45) is 5.92 Å². The smallest absolute Gasteiger partial charge is 0.322 e. The highest BCUT2D eigenvalue weighted by atomic mass is 19.3. The Morgan fingerprint density at radius 3 is 2.50 bits per heavy atom. The molecule has 0 radical (unpaired) electrons. The molecule has 1 aromatic carbocycles. The third-order valence-corrected chi connectivity index (χ3v) is 6.81. The van der Waals surface area contributed by atoms with Crippen LogP contribution in [0.15, 0.2) is 24.3 Å². The molecule has 1 aromatic rings. The Labute approximate surface area is 188 Å². The maximum atomic E-state index is 13.5. The van der Waals surface area contributed by atoms with Crippen molar-refractivity contribution in [1.82, 2.24) is 10.2 Å². The van der Waals surface area contributed by atoms with Gasteiger partial charge in [0.25, 0.3) is 11.8 Å². The molecule has 2 fully saturated rings. The van der Waals surface area contributed by atoms with E-state index >= 15 is 0 Å². The second-order valence-electron chi connectivity index (χ2n) is 9.27. The minimum absolute atomic E-state index is 0.0586. The molecule has 2 atom stereocenters. The summed E-state index contributed by atoms with van der Waals surface area (Å²) in [5.41, 5.74) is 1.31. The molecule has 1 heterocycles. The lowest BCUT2D eigenvalue weighted by molar-refractivity contribution is -0.156. The van der Waals surface area contributed by atoms with Crippen molar-refractivity contribution in [2.45, 2.75) is 83.1 Å². The third kappa shape index (κ3) is 5.93. The Balaban J connectivity index is 1.72. The predicted molar refractivity (Wildman–Crippen MR) is 119 cm³/mol. The van der Waals surface area contributed by atoms with E-state index in [4.69, 9.17) is 0 Å². The lowest BCUT2D eigenvalue weighted by atomic mass is 9.81. The number of hydrogen-bond acceptors (Lipinski definition) is 3. The summed E-state index contributed by atoms with van der Waals surface area (Å²) in [6.07, 6.45) is 7.02. The summed E-state index contributed by atoms with van der Waals surface area (Å²) >= 11 is 0. The van der Waals surface area contributed by atoms with Crippen LogP contribution in [0.3, 0.4) is 0 Å². The number of carbonyl (C=O) groups excluding carboxylic acids is 3. The minimum Gasteiger partial charge on any atom is -0.342 e. The van der Waals surface area contributed by atoms with Gasteiger partial charge in [-0.3, -0.25) is 14.4 Å². The Hall–Kier alpha value is -2.31. The first-order valence-electron chi connectivity index (χ1n) is 11.8. The van der Waals surface area contributed by atoms with Gasteiger partial charge in [-0.05, 0) is 49.3 Å². The molecule has 2 amide bonds. The molecule has 1 aliphatic carbocycles. The zero-order valence-electron chi connectivity index (χ0n) is 19.0. The van der Waals surface area contributed by atoms with Crippen molar-refractivity contribution in [1.29, 1.82) is 0 Å². The summed E-state index contributed by atoms with van der Waals surface area (Å²) in [6, 6.07) is 6.66. The number of benzene rings is 1. The summed E-state index contributed by atoms with van der Waals surface area (Å²) in [6.45, 7) is 2.98. The van der Waals surface area contributed by atoms with E-state index in [9.17, 15) is 23.2 Å². The predicted octanol–water partition coefficient (Wildman–Crippen LogP) is 4.71. The molecule has 32 heavy (non-hydrogen) atoms. The van der Waals surface area contributed by atoms with E-state index in [-0.39, 0.29) is 30.1 Å². The number of alkyl halides is 2. The van der Waals surface area contributed by atoms with Gasteiger partial charge in [-0.25, -0.2) is 0 Å². The molecule has 1 unspecified atom stereocenters. The summed E-state index contributed by atoms with van der Waals surface area (Å²) < 4.78 is 27.0. The van der Waals surface area contributed by atoms with Crippen LogP contribution in [-0.4, -0.2) is 47.6 Å². The summed E-state index contributed by atoms with van der Waals surface area (Å²) in [7, 11) is 0. The molecule has 7 heteroatoms. The summed E-state index contributed by atoms with van der Waals surface area (Å²) in [4.78, 5) is 38.8. The van der Waals surface area contributed by atoms with E-state index in [0.29, 0.717) is 31.9 Å². The van der Waals surface area contributed by atoms with Gasteiger partial charge in [-0.2, -0.15) is 8.78 Å². The molecule has 0 bridgehead atoms. The topological polar surface area (TPSA) is 66.5 Å². The van der Waals surface area contributed by atoms with Gasteiger partial charge in [0.2, 0.25) is 0 Å². The van der Waals surface area contributed by atoms with Crippen molar-refractivity contribution < 1.29 is 23.2 Å². The second-order valence-corrected chi connectivity index (χ2v) is 9.27. The number of rotatable bonds is 7. The van der Waals surface area contributed by atoms with E-state index in [2.05, 4.69) is 5.32 Å². The first-order valence-corrected chi connectivity index (χ1v) is 11.8. The first kappa shape index (κ1) is 24.3. The number of hydrogen-bond donors (Lipinski definition) is 1. The Kier molecular flexibility index (Phi) is 8.01. The van der Waals surface area contributed by atoms with Gasteiger partial charge >= 0.3 is 5.92 Å². The van der Waals surface area contributed by atoms with Crippen LogP contribution in [0.25, 0.3) is 0 Å². The maximum Gasteiger partial charge on any atom is 0.322 e. The van der Waals surface area contributed by atoms with E-state index in [1.807, 2.05) is 13.0 Å². The van der Waals surface area contributed by atoms with Crippen LogP contribution in [0.5, 0.6) is 0 Å². The zero-order chi connectivity index (χ0) is 23.3. The number of nitrogens with one attached hydrogen (secondary N) is 1. The number of carbonyl (C=O) groups is 3. The number of nitrogens with zero attached hydrogens (tertiary/aromatic N) is 1. The van der Waals surface area contributed by atoms with E-state index < -0.39 is 17.9 Å². The molecular formula is C25H34F2N2O3. The quantitative estimate of drug-likeness (QED) is 0.657. The number of amides is 2. The number of halogens is 2. The van der Waals surface area contributed by atoms with Crippen LogP contribution in [-0.2, 0) is 9.59 Å². The van der Waals surface area contributed by atoms with Crippen molar-refractivity contribution >= 4 is 17.6 Å². The van der Waals surface area contributed by atoms with Crippen molar-refractivity contribution in [2.75, 3.05) is 13.1 Å². The number of ketones is 1. The average molecular weight is 449 g/mol. The van der Waals surface area contributed by atoms with Crippen LogP contribution in [0.2, 0.25) is 0 Å². The first-order chi connectivity index (χ1) is 15.2. The van der Waals surface area contributed by atoms with Gasteiger partial charge in [0, 0.05) is 37.9 Å². The molecule has 3 rings (SSSR count). The molecule has 0 spiro atoms. The molecule has 1 saturated carbocycles. The highest BCUT2D eigenvalue weighted by molar-refractivity contribution is 5.98. The van der Waals surface area contributed by atoms with Crippen LogP contribution >= 0.6 is 0 Å². The molecular weight excluding hydrogens is 414 g/mol. The average Bonchev–Trinajstić information content (AvgIpc) is 2.81. The molecule has 0 aromatic heterocycles. The number of Topliss-reactive ketones (excluding diaryl/α,β-unsaturated/α-hetero) is 1. The highest BCUT2D eigenvalue weighted by Crippen LogP contribution is 2.30. The summed E-state index contributed by atoms with van der Waals surface area (Å²) in [5.74, 6) is -4.68. The van der Waals surface area contributed by atoms with E-state index in [0.717, 1.165) is 37.7 Å². The van der Waals surface area contributed by atoms with Gasteiger partial charge in [0.1, 0.15) is 0 Å². The Morgan fingerprint density at radius 2 is 1.84 bits per heavy atom. The molecule has 1 N–H and O–H groups in total. The fourth-order valence-corrected chi connectivity index (χ4v) is 5.02. The van der Waals surface area contributed by atoms with Gasteiger partial charge in [0.05, 0.1) is 6.04 Å². The van der Waals surface area contributed by atoms with Crippen LogP contribution in [0.4, 0.5) is 8.78 Å². The Morgan fingerprint density at radius 1 is 1.12 bits per heavy atom. The molecule has 176 valence electrons. The van der Waals surface area contributed by atoms with Gasteiger partial charge in [-0.15, -0.1) is 0 Å². The monoisotopic (exact) mass is 448 g/mol. The van der Waals surface area contributed by atoms with Gasteiger partial charge < -0.3 is 10.2 Å². The standard InChI is InChI=1S/C25H34F2N2O3/c1-3-21(30)22(17-9-5-4-6-10-17)28-23(31)19-12-7-11-18(15-19)20-13-8-14-29(16-20)24(32)25(2,26)27/h7,11-12,15,17,20,22H,3-6,8-10,13-14,16H2,1-2H3,(H,28,31)/t20?,22-/m1/s1. The largest absolute Gasteiger partial charge is 0.342 e. The molecule has 5 nitrogen and oxygen atoms in total. The fraction of sp³-hybridized carbons (Fsp3) is 0.640. The molecule has 1 saturated heterocycles. The van der Waals surface area contributed by atoms with Crippen LogP contribution in [0.1, 0.15) is 87.1 Å². The lowest BCUT2D eigenvalue weighted by Crippen LogP contribution is -2.46. The molecule has 1 aliphatic heterocycles. The van der Waals surface area contributed by atoms with Crippen molar-refractivity contribution in [3.63, 3.8) is 0 Å². The van der Waals surface area contributed by atoms with Crippen LogP contribution < -0.4 is 5.32 Å². The van der Waals surface area contributed by atoms with Crippen LogP contribution in [0, 0.1) is 5.92 Å². The van der Waals surface area contributed by atoms with E-state index in [1.165, 1.54) is 11.3 Å². The Bertz CT molecular complexity index is 831. The minimum atomic E-state index is -3.39. The number of likely N-dealkylation sites (tertiary alicyclic amines) is 1. The highest BCUT2D eigenvalue weighted by Gasteiger charge is 2.38. The second kappa shape index (κ2) is 10.5. The van der Waals surface area contributed by atoms with Crippen molar-refractivity contribution in [3.05, 3.63) is 35.4 Å². The van der Waals surface area contributed by atoms with E-state index in [1.54, 1.807) is 18.2 Å². The summed E-state index contributed by atoms with van der Waals surface area (Å²) in [5, 5.41) is 2.98. The zero-order valence-corrected chi connectivity index (χ0v) is 19.0. The third-order valence-electron chi connectivity index (χ3n) is 6.81. The fourth-order valence-electron chi connectivity index (χ4n) is 5.02. The SMILES string of the molecule is CCC(=O)[C@H](NC(=O)c1cccc(C2CCCN(C(=O)C(C)(F)F)C2)c1)C1CCCCC1. The number of piperidine rings is 1. The maximum absolute atomic E-state index is 13.5. The molecule has 2 aliphatic rings.